The van der Waals surface area contributed by atoms with E-state index in [1.807, 2.05) is 12.1 Å². The van der Waals surface area contributed by atoms with E-state index < -0.39 is 0 Å². The first-order valence-electron chi connectivity index (χ1n) is 8.99. The van der Waals surface area contributed by atoms with Crippen LogP contribution in [0, 0.1) is 13.8 Å². The molecule has 0 saturated carbocycles. The molecule has 0 heterocycles. The van der Waals surface area contributed by atoms with Crippen molar-refractivity contribution in [3.63, 3.8) is 0 Å². The molecule has 0 radical (unpaired) electrons. The quantitative estimate of drug-likeness (QED) is 0.739. The number of carbonyl (C=O) groups is 1. The molecule has 0 aromatic heterocycles. The second-order valence-electron chi connectivity index (χ2n) is 6.26. The van der Waals surface area contributed by atoms with Crippen LogP contribution >= 0.6 is 0 Å². The zero-order valence-corrected chi connectivity index (χ0v) is 15.7. The second-order valence-corrected chi connectivity index (χ2v) is 6.26. The van der Waals surface area contributed by atoms with E-state index in [-0.39, 0.29) is 5.91 Å². The minimum Gasteiger partial charge on any atom is -0.384 e. The van der Waals surface area contributed by atoms with Gasteiger partial charge in [-0.25, -0.2) is 0 Å². The summed E-state index contributed by atoms with van der Waals surface area (Å²) in [5.41, 5.74) is 5.52. The Labute approximate surface area is 151 Å². The number of benzene rings is 2. The Bertz CT molecular complexity index is 691. The largest absolute Gasteiger partial charge is 0.384 e. The van der Waals surface area contributed by atoms with Crippen LogP contribution < -0.4 is 15.5 Å². The number of nitrogens with zero attached hydrogens (tertiary/aromatic N) is 1. The molecule has 0 aliphatic rings. The summed E-state index contributed by atoms with van der Waals surface area (Å²) in [7, 11) is 0. The van der Waals surface area contributed by atoms with Crippen LogP contribution in [0.15, 0.2) is 42.5 Å². The molecule has 0 atom stereocenters. The summed E-state index contributed by atoms with van der Waals surface area (Å²) in [5.74, 6) is 0.0217. The van der Waals surface area contributed by atoms with Gasteiger partial charge < -0.3 is 15.5 Å². The number of rotatable bonds is 8. The monoisotopic (exact) mass is 339 g/mol. The molecule has 4 nitrogen and oxygen atoms in total. The van der Waals surface area contributed by atoms with Gasteiger partial charge in [0.2, 0.25) is 5.91 Å². The average molecular weight is 339 g/mol. The van der Waals surface area contributed by atoms with Crippen LogP contribution in [0.3, 0.4) is 0 Å². The molecule has 2 rings (SSSR count). The molecule has 4 heteroatoms. The minimum atomic E-state index is 0.0217. The Morgan fingerprint density at radius 1 is 1.00 bits per heavy atom. The van der Waals surface area contributed by atoms with Crippen LogP contribution in [0.5, 0.6) is 0 Å². The highest BCUT2D eigenvalue weighted by Gasteiger charge is 2.05. The predicted octanol–water partition coefficient (Wildman–Crippen LogP) is 4.59. The molecular formula is C21H29N3O. The fourth-order valence-electron chi connectivity index (χ4n) is 2.80. The Morgan fingerprint density at radius 2 is 1.68 bits per heavy atom. The lowest BCUT2D eigenvalue weighted by molar-refractivity contribution is -0.115. The highest BCUT2D eigenvalue weighted by molar-refractivity contribution is 5.91. The van der Waals surface area contributed by atoms with Gasteiger partial charge in [0.25, 0.3) is 0 Å². The van der Waals surface area contributed by atoms with Crippen molar-refractivity contribution < 1.29 is 4.79 Å². The van der Waals surface area contributed by atoms with Gasteiger partial charge in [-0.2, -0.15) is 0 Å². The summed E-state index contributed by atoms with van der Waals surface area (Å²) < 4.78 is 0. The first-order chi connectivity index (χ1) is 12.0. The fourth-order valence-corrected chi connectivity index (χ4v) is 2.80. The van der Waals surface area contributed by atoms with Crippen molar-refractivity contribution in [3.8, 4) is 0 Å². The summed E-state index contributed by atoms with van der Waals surface area (Å²) in [5, 5.41) is 6.30. The number of aryl methyl sites for hydroxylation is 2. The maximum Gasteiger partial charge on any atom is 0.226 e. The SMILES string of the molecule is CCN(CC)c1ccc(NC(=O)CCNc2cc(C)ccc2C)cc1. The van der Waals surface area contributed by atoms with Crippen molar-refractivity contribution in [3.05, 3.63) is 53.6 Å². The van der Waals surface area contributed by atoms with Gasteiger partial charge in [0.15, 0.2) is 0 Å². The molecule has 2 aromatic rings. The molecule has 0 saturated heterocycles. The van der Waals surface area contributed by atoms with Crippen LogP contribution in [0.2, 0.25) is 0 Å². The number of amides is 1. The normalized spacial score (nSPS) is 10.4. The molecule has 2 N–H and O–H groups in total. The molecule has 2 aromatic carbocycles. The Morgan fingerprint density at radius 3 is 2.32 bits per heavy atom. The lowest BCUT2D eigenvalue weighted by Crippen LogP contribution is -2.21. The van der Waals surface area contributed by atoms with Crippen LogP contribution in [0.1, 0.15) is 31.4 Å². The number of anilines is 3. The van der Waals surface area contributed by atoms with Gasteiger partial charge in [0, 0.05) is 43.1 Å². The van der Waals surface area contributed by atoms with Gasteiger partial charge in [0.1, 0.15) is 0 Å². The van der Waals surface area contributed by atoms with Crippen molar-refractivity contribution in [1.29, 1.82) is 0 Å². The van der Waals surface area contributed by atoms with E-state index in [1.165, 1.54) is 16.8 Å². The van der Waals surface area contributed by atoms with Crippen LogP contribution in [-0.2, 0) is 4.79 Å². The molecule has 25 heavy (non-hydrogen) atoms. The summed E-state index contributed by atoms with van der Waals surface area (Å²) in [6, 6.07) is 14.3. The highest BCUT2D eigenvalue weighted by atomic mass is 16.1. The molecule has 134 valence electrons. The third-order valence-electron chi connectivity index (χ3n) is 4.34. The van der Waals surface area contributed by atoms with Crippen molar-refractivity contribution in [1.82, 2.24) is 0 Å². The Balaban J connectivity index is 1.83. The van der Waals surface area contributed by atoms with Crippen molar-refractivity contribution in [2.24, 2.45) is 0 Å². The van der Waals surface area contributed by atoms with E-state index in [2.05, 4.69) is 73.6 Å². The third-order valence-corrected chi connectivity index (χ3v) is 4.34. The maximum absolute atomic E-state index is 12.1. The van der Waals surface area contributed by atoms with E-state index in [0.717, 1.165) is 24.5 Å². The van der Waals surface area contributed by atoms with Gasteiger partial charge in [-0.15, -0.1) is 0 Å². The average Bonchev–Trinajstić information content (AvgIpc) is 2.60. The fraction of sp³-hybridized carbons (Fsp3) is 0.381. The molecule has 0 bridgehead atoms. The molecule has 1 amide bonds. The Hall–Kier alpha value is -2.49. The van der Waals surface area contributed by atoms with Crippen molar-refractivity contribution in [2.45, 2.75) is 34.1 Å². The number of carbonyl (C=O) groups excluding carboxylic acids is 1. The zero-order chi connectivity index (χ0) is 18.2. The Kier molecular flexibility index (Phi) is 6.87. The summed E-state index contributed by atoms with van der Waals surface area (Å²) in [6.45, 7) is 11.0. The second kappa shape index (κ2) is 9.11. The van der Waals surface area contributed by atoms with Crippen molar-refractivity contribution in [2.75, 3.05) is 35.2 Å². The molecule has 0 fully saturated rings. The standard InChI is InChI=1S/C21H29N3O/c1-5-24(6-2)19-11-9-18(10-12-19)23-21(25)13-14-22-20-15-16(3)7-8-17(20)4/h7-12,15,22H,5-6,13-14H2,1-4H3,(H,23,25). The number of hydrogen-bond acceptors (Lipinski definition) is 3. The predicted molar refractivity (Wildman–Crippen MR) is 108 cm³/mol. The van der Waals surface area contributed by atoms with E-state index in [1.54, 1.807) is 0 Å². The lowest BCUT2D eigenvalue weighted by atomic mass is 10.1. The van der Waals surface area contributed by atoms with E-state index >= 15 is 0 Å². The maximum atomic E-state index is 12.1. The van der Waals surface area contributed by atoms with Gasteiger partial charge in [-0.1, -0.05) is 12.1 Å². The zero-order valence-electron chi connectivity index (χ0n) is 15.7. The number of nitrogens with one attached hydrogen (secondary N) is 2. The molecule has 0 unspecified atom stereocenters. The molecule has 0 aliphatic heterocycles. The van der Waals surface area contributed by atoms with Crippen molar-refractivity contribution >= 4 is 23.0 Å². The molecule has 0 spiro atoms. The highest BCUT2D eigenvalue weighted by Crippen LogP contribution is 2.18. The van der Waals surface area contributed by atoms with Gasteiger partial charge in [-0.05, 0) is 69.2 Å². The lowest BCUT2D eigenvalue weighted by Gasteiger charge is -2.21. The van der Waals surface area contributed by atoms with Gasteiger partial charge in [-0.3, -0.25) is 4.79 Å². The summed E-state index contributed by atoms with van der Waals surface area (Å²) in [6.07, 6.45) is 0.436. The minimum absolute atomic E-state index is 0.0217. The topological polar surface area (TPSA) is 44.4 Å². The van der Waals surface area contributed by atoms with Gasteiger partial charge >= 0.3 is 0 Å². The van der Waals surface area contributed by atoms with Gasteiger partial charge in [0.05, 0.1) is 0 Å². The number of hydrogen-bond donors (Lipinski definition) is 2. The summed E-state index contributed by atoms with van der Waals surface area (Å²) in [4.78, 5) is 14.4. The molecular weight excluding hydrogens is 310 g/mol. The van der Waals surface area contributed by atoms with E-state index in [0.29, 0.717) is 13.0 Å². The van der Waals surface area contributed by atoms with E-state index in [9.17, 15) is 4.79 Å². The van der Waals surface area contributed by atoms with Crippen LogP contribution in [0.25, 0.3) is 0 Å². The summed E-state index contributed by atoms with van der Waals surface area (Å²) >= 11 is 0. The molecule has 0 aliphatic carbocycles. The van der Waals surface area contributed by atoms with E-state index in [4.69, 9.17) is 0 Å². The van der Waals surface area contributed by atoms with Crippen LogP contribution in [0.4, 0.5) is 17.1 Å². The third kappa shape index (κ3) is 5.52. The first-order valence-corrected chi connectivity index (χ1v) is 8.99. The smallest absolute Gasteiger partial charge is 0.226 e. The first kappa shape index (κ1) is 18.8. The van der Waals surface area contributed by atoms with Crippen LogP contribution in [-0.4, -0.2) is 25.5 Å².